The second-order valence-electron chi connectivity index (χ2n) is 6.18. The number of hydrogen-bond donors (Lipinski definition) is 0. The summed E-state index contributed by atoms with van der Waals surface area (Å²) in [5.74, 6) is 13.1. The lowest BCUT2D eigenvalue weighted by Crippen LogP contribution is -2.15. The van der Waals surface area contributed by atoms with E-state index in [2.05, 4.69) is 0 Å². The van der Waals surface area contributed by atoms with Crippen molar-refractivity contribution in [2.24, 2.45) is 59.2 Å². The zero-order valence-electron chi connectivity index (χ0n) is 6.48. The predicted molar refractivity (Wildman–Crippen MR) is 39.5 cm³/mol. The fourth-order valence-corrected chi connectivity index (χ4v) is 6.68. The van der Waals surface area contributed by atoms with E-state index in [9.17, 15) is 0 Å². The summed E-state index contributed by atoms with van der Waals surface area (Å²) in [6, 6.07) is 0. The van der Waals surface area contributed by atoms with Gasteiger partial charge in [-0.05, 0) is 65.6 Å². The van der Waals surface area contributed by atoms with Crippen LogP contribution in [0.4, 0.5) is 0 Å². The molecule has 7 rings (SSSR count). The van der Waals surface area contributed by atoms with Crippen molar-refractivity contribution in [2.45, 2.75) is 6.42 Å². The predicted octanol–water partition coefficient (Wildman–Crippen LogP) is 1.62. The van der Waals surface area contributed by atoms with Gasteiger partial charge in [-0.15, -0.1) is 0 Å². The Morgan fingerprint density at radius 2 is 0.818 bits per heavy atom. The van der Waals surface area contributed by atoms with Crippen LogP contribution in [0.5, 0.6) is 0 Å². The highest BCUT2D eigenvalue weighted by molar-refractivity contribution is 5.39. The first-order valence-corrected chi connectivity index (χ1v) is 5.48. The molecule has 0 amide bonds. The van der Waals surface area contributed by atoms with Crippen LogP contribution in [0.1, 0.15) is 6.42 Å². The third-order valence-corrected chi connectivity index (χ3v) is 6.54. The van der Waals surface area contributed by atoms with Crippen molar-refractivity contribution in [3.63, 3.8) is 0 Å². The molecule has 0 heteroatoms. The van der Waals surface area contributed by atoms with Gasteiger partial charge in [-0.1, -0.05) is 0 Å². The van der Waals surface area contributed by atoms with Gasteiger partial charge in [-0.2, -0.15) is 0 Å². The standard InChI is InChI=1S/C11H12/c1-2-4-5(2)9-7-3(1)6-8(4)10(6)11(7)9/h2-11H,1H2/t2?,3?,4-,5+,6?,7?,8+,9-,10?,11?. The molecule has 0 saturated heterocycles. The summed E-state index contributed by atoms with van der Waals surface area (Å²) < 4.78 is 0. The van der Waals surface area contributed by atoms with Crippen LogP contribution in [-0.2, 0) is 0 Å². The van der Waals surface area contributed by atoms with Crippen molar-refractivity contribution < 1.29 is 0 Å². The molecule has 0 aromatic heterocycles. The Bertz CT molecular complexity index is 223. The van der Waals surface area contributed by atoms with E-state index in [4.69, 9.17) is 0 Å². The highest BCUT2D eigenvalue weighted by Gasteiger charge is 2.92. The monoisotopic (exact) mass is 144 g/mol. The molecule has 0 aliphatic heterocycles. The molecule has 56 valence electrons. The average molecular weight is 144 g/mol. The SMILES string of the molecule is C1C2C3C4C5C2[C@@H]5[C@@H]2C1[C@@H]2[C@H]34. The Morgan fingerprint density at radius 3 is 1.36 bits per heavy atom. The topological polar surface area (TPSA) is 0 Å². The average Bonchev–Trinajstić information content (AvgIpc) is 2.76. The first-order chi connectivity index (χ1) is 5.48. The Balaban J connectivity index is 1.82. The molecule has 0 radical (unpaired) electrons. The van der Waals surface area contributed by atoms with Crippen LogP contribution < -0.4 is 0 Å². The van der Waals surface area contributed by atoms with E-state index in [1.54, 1.807) is 6.42 Å². The number of rotatable bonds is 0. The van der Waals surface area contributed by atoms with E-state index in [0.29, 0.717) is 0 Å². The van der Waals surface area contributed by atoms with Crippen LogP contribution in [0, 0.1) is 59.2 Å². The fourth-order valence-electron chi connectivity index (χ4n) is 6.68. The summed E-state index contributed by atoms with van der Waals surface area (Å²) in [5.41, 5.74) is 0. The van der Waals surface area contributed by atoms with Gasteiger partial charge in [0.15, 0.2) is 0 Å². The van der Waals surface area contributed by atoms with Gasteiger partial charge in [0.2, 0.25) is 0 Å². The Labute approximate surface area is 66.4 Å². The zero-order chi connectivity index (χ0) is 6.48. The van der Waals surface area contributed by atoms with Gasteiger partial charge >= 0.3 is 0 Å². The minimum absolute atomic E-state index is 1.29. The Morgan fingerprint density at radius 1 is 0.455 bits per heavy atom. The fraction of sp³-hybridized carbons (Fsp3) is 1.00. The first kappa shape index (κ1) is 4.30. The van der Waals surface area contributed by atoms with E-state index in [1.165, 1.54) is 59.2 Å². The third kappa shape index (κ3) is 0.219. The van der Waals surface area contributed by atoms with Gasteiger partial charge in [-0.3, -0.25) is 0 Å². The minimum atomic E-state index is 1.29. The summed E-state index contributed by atoms with van der Waals surface area (Å²) in [7, 11) is 0. The molecule has 7 aliphatic carbocycles. The lowest BCUT2D eigenvalue weighted by molar-refractivity contribution is 0.268. The molecular formula is C11H12. The largest absolute Gasteiger partial charge is 0.0464 e. The second-order valence-corrected chi connectivity index (χ2v) is 6.18. The second kappa shape index (κ2) is 0.843. The minimum Gasteiger partial charge on any atom is -0.0464 e. The van der Waals surface area contributed by atoms with Crippen LogP contribution in [0.3, 0.4) is 0 Å². The molecule has 7 aliphatic rings. The van der Waals surface area contributed by atoms with Gasteiger partial charge in [-0.25, -0.2) is 0 Å². The molecule has 7 saturated carbocycles. The molecule has 11 heavy (non-hydrogen) atoms. The maximum Gasteiger partial charge on any atom is -0.0312 e. The van der Waals surface area contributed by atoms with Crippen molar-refractivity contribution >= 4 is 0 Å². The quantitative estimate of drug-likeness (QED) is 0.484. The molecule has 0 aromatic rings. The smallest absolute Gasteiger partial charge is 0.0312 e. The molecular weight excluding hydrogens is 132 g/mol. The molecule has 0 spiro atoms. The van der Waals surface area contributed by atoms with Crippen LogP contribution in [0.2, 0.25) is 0 Å². The van der Waals surface area contributed by atoms with Gasteiger partial charge in [0.05, 0.1) is 0 Å². The van der Waals surface area contributed by atoms with Crippen LogP contribution >= 0.6 is 0 Å². The van der Waals surface area contributed by atoms with Crippen LogP contribution in [-0.4, -0.2) is 0 Å². The Kier molecular flexibility index (Phi) is 0.329. The zero-order valence-corrected chi connectivity index (χ0v) is 6.48. The molecule has 10 atom stereocenters. The van der Waals surface area contributed by atoms with E-state index >= 15 is 0 Å². The van der Waals surface area contributed by atoms with Crippen molar-refractivity contribution in [3.8, 4) is 0 Å². The molecule has 2 bridgehead atoms. The van der Waals surface area contributed by atoms with Crippen molar-refractivity contribution in [2.75, 3.05) is 0 Å². The van der Waals surface area contributed by atoms with E-state index < -0.39 is 0 Å². The normalized spacial score (nSPS) is 100. The Hall–Kier alpha value is 0. The summed E-state index contributed by atoms with van der Waals surface area (Å²) in [4.78, 5) is 0. The van der Waals surface area contributed by atoms with Crippen molar-refractivity contribution in [1.82, 2.24) is 0 Å². The molecule has 0 N–H and O–H groups in total. The van der Waals surface area contributed by atoms with Gasteiger partial charge in [0.25, 0.3) is 0 Å². The third-order valence-electron chi connectivity index (χ3n) is 6.54. The summed E-state index contributed by atoms with van der Waals surface area (Å²) in [6.07, 6.45) is 1.70. The summed E-state index contributed by atoms with van der Waals surface area (Å²) in [5, 5.41) is 0. The first-order valence-electron chi connectivity index (χ1n) is 5.48. The maximum absolute atomic E-state index is 1.70. The highest BCUT2D eigenvalue weighted by atomic mass is 15.0. The van der Waals surface area contributed by atoms with Crippen molar-refractivity contribution in [1.29, 1.82) is 0 Å². The molecule has 0 heterocycles. The van der Waals surface area contributed by atoms with Crippen LogP contribution in [0.25, 0.3) is 0 Å². The van der Waals surface area contributed by atoms with Gasteiger partial charge in [0, 0.05) is 0 Å². The maximum atomic E-state index is 1.70. The molecule has 6 unspecified atom stereocenters. The molecule has 0 nitrogen and oxygen atoms in total. The summed E-state index contributed by atoms with van der Waals surface area (Å²) in [6.45, 7) is 0. The lowest BCUT2D eigenvalue weighted by atomic mass is 9.83. The van der Waals surface area contributed by atoms with E-state index in [-0.39, 0.29) is 0 Å². The lowest BCUT2D eigenvalue weighted by Gasteiger charge is -2.21. The van der Waals surface area contributed by atoms with E-state index in [0.717, 1.165) is 0 Å². The van der Waals surface area contributed by atoms with Gasteiger partial charge in [0.1, 0.15) is 0 Å². The van der Waals surface area contributed by atoms with Crippen LogP contribution in [0.15, 0.2) is 0 Å². The summed E-state index contributed by atoms with van der Waals surface area (Å²) >= 11 is 0. The molecule has 0 aromatic carbocycles. The number of hydrogen-bond acceptors (Lipinski definition) is 0. The molecule has 7 fully saturated rings. The van der Waals surface area contributed by atoms with Crippen molar-refractivity contribution in [3.05, 3.63) is 0 Å². The van der Waals surface area contributed by atoms with Gasteiger partial charge < -0.3 is 0 Å². The van der Waals surface area contributed by atoms with E-state index in [1.807, 2.05) is 0 Å². The highest BCUT2D eigenvalue weighted by Crippen LogP contribution is 2.96.